The van der Waals surface area contributed by atoms with Crippen molar-refractivity contribution in [1.82, 2.24) is 9.66 Å². The maximum Gasteiger partial charge on any atom is 0.282 e. The van der Waals surface area contributed by atoms with Crippen molar-refractivity contribution in [2.45, 2.75) is 26.4 Å². The van der Waals surface area contributed by atoms with Crippen molar-refractivity contribution >= 4 is 44.4 Å². The molecule has 1 heterocycles. The van der Waals surface area contributed by atoms with Crippen LogP contribution < -0.4 is 10.3 Å². The van der Waals surface area contributed by atoms with E-state index in [-0.39, 0.29) is 34.9 Å². The maximum absolute atomic E-state index is 13.2. The molecule has 0 saturated carbocycles. The quantitative estimate of drug-likeness (QED) is 0.150. The summed E-state index contributed by atoms with van der Waals surface area (Å²) in [4.78, 5) is 39.2. The van der Waals surface area contributed by atoms with Crippen LogP contribution in [-0.4, -0.2) is 25.7 Å². The number of non-ortho nitro benzene ring substituents is 2. The molecule has 0 atom stereocenters. The first-order valence-corrected chi connectivity index (χ1v) is 12.0. The lowest BCUT2D eigenvalue weighted by atomic mass is 10.2. The van der Waals surface area contributed by atoms with Gasteiger partial charge in [-0.15, -0.1) is 0 Å². The van der Waals surface area contributed by atoms with E-state index in [1.54, 1.807) is 30.3 Å². The highest BCUT2D eigenvalue weighted by atomic mass is 79.9. The summed E-state index contributed by atoms with van der Waals surface area (Å²) >= 11 is 3.36. The molecular formula is C25H20BrN5O6. The van der Waals surface area contributed by atoms with Gasteiger partial charge in [0.15, 0.2) is 0 Å². The number of nitrogens with zero attached hydrogens (tertiary/aromatic N) is 5. The van der Waals surface area contributed by atoms with Gasteiger partial charge in [0.25, 0.3) is 16.9 Å². The van der Waals surface area contributed by atoms with Gasteiger partial charge in [-0.1, -0.05) is 35.0 Å². The van der Waals surface area contributed by atoms with Gasteiger partial charge in [-0.25, -0.2) is 4.98 Å². The van der Waals surface area contributed by atoms with E-state index in [1.807, 2.05) is 6.92 Å². The number of aromatic nitrogens is 2. The molecule has 0 spiro atoms. The molecule has 0 unspecified atom stereocenters. The fourth-order valence-electron chi connectivity index (χ4n) is 3.62. The molecule has 12 heteroatoms. The van der Waals surface area contributed by atoms with Crippen LogP contribution in [0.3, 0.4) is 0 Å². The molecule has 0 amide bonds. The van der Waals surface area contributed by atoms with Crippen LogP contribution in [0.2, 0.25) is 0 Å². The Labute approximate surface area is 218 Å². The molecule has 4 aromatic rings. The highest BCUT2D eigenvalue weighted by molar-refractivity contribution is 9.10. The molecule has 0 saturated heterocycles. The molecule has 0 aliphatic carbocycles. The largest absolute Gasteiger partial charge is 0.488 e. The number of fused-ring (bicyclic) bond motifs is 1. The molecule has 3 aromatic carbocycles. The Bertz CT molecular complexity index is 1600. The second-order valence-electron chi connectivity index (χ2n) is 8.00. The summed E-state index contributed by atoms with van der Waals surface area (Å²) in [7, 11) is 0. The zero-order valence-corrected chi connectivity index (χ0v) is 21.1. The van der Waals surface area contributed by atoms with Gasteiger partial charge in [-0.05, 0) is 36.2 Å². The van der Waals surface area contributed by atoms with Gasteiger partial charge >= 0.3 is 0 Å². The molecule has 0 fully saturated rings. The van der Waals surface area contributed by atoms with Crippen molar-refractivity contribution in [3.63, 3.8) is 0 Å². The summed E-state index contributed by atoms with van der Waals surface area (Å²) in [6.45, 7) is 1.93. The van der Waals surface area contributed by atoms with Gasteiger partial charge in [0.2, 0.25) is 0 Å². The molecule has 188 valence electrons. The molecule has 0 bridgehead atoms. The van der Waals surface area contributed by atoms with E-state index in [0.717, 1.165) is 6.42 Å². The lowest BCUT2D eigenvalue weighted by molar-refractivity contribution is -0.385. The number of nitro groups is 2. The third-order valence-electron chi connectivity index (χ3n) is 5.38. The number of ether oxygens (including phenoxy) is 1. The van der Waals surface area contributed by atoms with Crippen LogP contribution in [-0.2, 0) is 13.0 Å². The first-order chi connectivity index (χ1) is 17.8. The summed E-state index contributed by atoms with van der Waals surface area (Å²) in [5.41, 5.74) is 0.690. The Kier molecular flexibility index (Phi) is 7.68. The average molecular weight is 566 g/mol. The topological polar surface area (TPSA) is 143 Å². The first-order valence-electron chi connectivity index (χ1n) is 11.2. The number of hydrogen-bond acceptors (Lipinski definition) is 8. The van der Waals surface area contributed by atoms with Gasteiger partial charge in [0.05, 0.1) is 27.0 Å². The van der Waals surface area contributed by atoms with E-state index in [2.05, 4.69) is 26.0 Å². The van der Waals surface area contributed by atoms with Gasteiger partial charge in [-0.2, -0.15) is 9.78 Å². The van der Waals surface area contributed by atoms with Crippen LogP contribution in [0.25, 0.3) is 10.9 Å². The molecule has 37 heavy (non-hydrogen) atoms. The SMILES string of the molecule is CCCc1nc2ccc(Br)cc2c(=O)n1N=Cc1cc([N+](=O)[O-])ccc1OCc1cccc([N+](=O)[O-])c1. The van der Waals surface area contributed by atoms with Crippen LogP contribution >= 0.6 is 15.9 Å². The zero-order chi connectivity index (χ0) is 26.5. The van der Waals surface area contributed by atoms with Gasteiger partial charge in [0.1, 0.15) is 18.2 Å². The van der Waals surface area contributed by atoms with Crippen LogP contribution in [0.5, 0.6) is 5.75 Å². The van der Waals surface area contributed by atoms with Crippen molar-refractivity contribution in [3.8, 4) is 5.75 Å². The first kappa shape index (κ1) is 25.6. The smallest absolute Gasteiger partial charge is 0.282 e. The monoisotopic (exact) mass is 565 g/mol. The number of rotatable bonds is 9. The maximum atomic E-state index is 13.2. The number of aryl methyl sites for hydroxylation is 1. The summed E-state index contributed by atoms with van der Waals surface area (Å²) in [6.07, 6.45) is 2.52. The lowest BCUT2D eigenvalue weighted by Gasteiger charge is -2.11. The molecule has 0 aliphatic heterocycles. The van der Waals surface area contributed by atoms with E-state index in [4.69, 9.17) is 4.74 Å². The predicted octanol–water partition coefficient (Wildman–Crippen LogP) is 5.39. The van der Waals surface area contributed by atoms with Crippen LogP contribution in [0.15, 0.2) is 75.0 Å². The number of hydrogen-bond donors (Lipinski definition) is 0. The highest BCUT2D eigenvalue weighted by Gasteiger charge is 2.14. The Hall–Kier alpha value is -4.45. The molecule has 0 N–H and O–H groups in total. The van der Waals surface area contributed by atoms with Gasteiger partial charge in [0, 0.05) is 40.7 Å². The van der Waals surface area contributed by atoms with Crippen LogP contribution in [0, 0.1) is 20.2 Å². The summed E-state index contributed by atoms with van der Waals surface area (Å²) < 4.78 is 7.73. The minimum Gasteiger partial charge on any atom is -0.488 e. The Balaban J connectivity index is 1.74. The Morgan fingerprint density at radius 1 is 1.05 bits per heavy atom. The van der Waals surface area contributed by atoms with E-state index in [1.165, 1.54) is 41.2 Å². The second-order valence-corrected chi connectivity index (χ2v) is 8.91. The molecule has 0 aliphatic rings. The Morgan fingerprint density at radius 2 is 1.81 bits per heavy atom. The average Bonchev–Trinajstić information content (AvgIpc) is 2.88. The van der Waals surface area contributed by atoms with Crippen LogP contribution in [0.1, 0.15) is 30.3 Å². The second kappa shape index (κ2) is 11.1. The summed E-state index contributed by atoms with van der Waals surface area (Å²) in [5, 5.41) is 27.1. The third kappa shape index (κ3) is 5.86. The van der Waals surface area contributed by atoms with E-state index in [0.29, 0.717) is 33.2 Å². The van der Waals surface area contributed by atoms with Gasteiger partial charge < -0.3 is 4.74 Å². The number of halogens is 1. The lowest BCUT2D eigenvalue weighted by Crippen LogP contribution is -2.22. The number of nitro benzene ring substituents is 2. The zero-order valence-electron chi connectivity index (χ0n) is 19.5. The normalized spacial score (nSPS) is 11.2. The number of benzene rings is 3. The molecule has 4 rings (SSSR count). The van der Waals surface area contributed by atoms with E-state index >= 15 is 0 Å². The molecule has 11 nitrogen and oxygen atoms in total. The van der Waals surface area contributed by atoms with Crippen molar-refractivity contribution in [2.24, 2.45) is 5.10 Å². The fraction of sp³-hybridized carbons (Fsp3) is 0.160. The van der Waals surface area contributed by atoms with E-state index < -0.39 is 9.85 Å². The van der Waals surface area contributed by atoms with Crippen LogP contribution in [0.4, 0.5) is 11.4 Å². The summed E-state index contributed by atoms with van der Waals surface area (Å²) in [6, 6.07) is 15.1. The van der Waals surface area contributed by atoms with Crippen molar-refractivity contribution in [1.29, 1.82) is 0 Å². The fourth-order valence-corrected chi connectivity index (χ4v) is 3.98. The van der Waals surface area contributed by atoms with E-state index in [9.17, 15) is 25.0 Å². The van der Waals surface area contributed by atoms with Crippen molar-refractivity contribution in [3.05, 3.63) is 113 Å². The molecule has 1 aromatic heterocycles. The van der Waals surface area contributed by atoms with Gasteiger partial charge in [-0.3, -0.25) is 25.0 Å². The summed E-state index contributed by atoms with van der Waals surface area (Å²) in [5.74, 6) is 0.700. The minimum atomic E-state index is -0.550. The predicted molar refractivity (Wildman–Crippen MR) is 141 cm³/mol. The molecule has 0 radical (unpaired) electrons. The standard InChI is InChI=1S/C25H20BrN5O6/c1-2-4-24-28-22-9-7-18(26)13-21(22)25(32)29(24)27-14-17-12-20(31(35)36)8-10-23(17)37-15-16-5-3-6-19(11-16)30(33)34/h3,5-14H,2,4,15H2,1H3. The Morgan fingerprint density at radius 3 is 2.54 bits per heavy atom. The third-order valence-corrected chi connectivity index (χ3v) is 5.87. The van der Waals surface area contributed by atoms with Crippen molar-refractivity contribution in [2.75, 3.05) is 0 Å². The highest BCUT2D eigenvalue weighted by Crippen LogP contribution is 2.25. The van der Waals surface area contributed by atoms with Crippen molar-refractivity contribution < 1.29 is 14.6 Å². The molecular weight excluding hydrogens is 546 g/mol. The minimum absolute atomic E-state index is 0.0209.